The van der Waals surface area contributed by atoms with Crippen LogP contribution in [0.15, 0.2) is 82.3 Å². The summed E-state index contributed by atoms with van der Waals surface area (Å²) in [6.07, 6.45) is 0. The molecule has 0 bridgehead atoms. The maximum absolute atomic E-state index is 13.0. The highest BCUT2D eigenvalue weighted by molar-refractivity contribution is 7.12. The van der Waals surface area contributed by atoms with Gasteiger partial charge in [0.05, 0.1) is 22.9 Å². The van der Waals surface area contributed by atoms with Crippen molar-refractivity contribution in [2.75, 3.05) is 17.2 Å². The van der Waals surface area contributed by atoms with Gasteiger partial charge in [0.15, 0.2) is 0 Å². The minimum absolute atomic E-state index is 0.0912. The van der Waals surface area contributed by atoms with Crippen LogP contribution in [0.1, 0.15) is 33.9 Å². The van der Waals surface area contributed by atoms with E-state index in [1.165, 1.54) is 11.3 Å². The number of benzene rings is 2. The SMILES string of the molecule is CCOC(=O)C1=C(C)Nc2ccccc2N=C1NC(=O)c1ccc(NC(=O)c2cccs2)cc1. The van der Waals surface area contributed by atoms with Crippen molar-refractivity contribution in [3.8, 4) is 0 Å². The van der Waals surface area contributed by atoms with Crippen molar-refractivity contribution < 1.29 is 19.1 Å². The molecule has 1 aliphatic rings. The smallest absolute Gasteiger partial charge is 0.343 e. The number of anilines is 2. The van der Waals surface area contributed by atoms with Crippen LogP contribution in [0.25, 0.3) is 0 Å². The summed E-state index contributed by atoms with van der Waals surface area (Å²) in [6.45, 7) is 3.62. The monoisotopic (exact) mass is 474 g/mol. The van der Waals surface area contributed by atoms with Crippen molar-refractivity contribution in [2.45, 2.75) is 13.8 Å². The molecule has 34 heavy (non-hydrogen) atoms. The number of fused-ring (bicyclic) bond motifs is 1. The van der Waals surface area contributed by atoms with E-state index >= 15 is 0 Å². The number of amidine groups is 1. The molecule has 1 aromatic heterocycles. The lowest BCUT2D eigenvalue weighted by atomic mass is 10.1. The number of nitrogens with zero attached hydrogens (tertiary/aromatic N) is 1. The van der Waals surface area contributed by atoms with Crippen LogP contribution in [-0.2, 0) is 9.53 Å². The Hall–Kier alpha value is -4.24. The van der Waals surface area contributed by atoms with Gasteiger partial charge in [-0.05, 0) is 61.7 Å². The lowest BCUT2D eigenvalue weighted by molar-refractivity contribution is -0.137. The largest absolute Gasteiger partial charge is 0.462 e. The van der Waals surface area contributed by atoms with Crippen molar-refractivity contribution in [3.63, 3.8) is 0 Å². The van der Waals surface area contributed by atoms with Crippen LogP contribution >= 0.6 is 11.3 Å². The van der Waals surface area contributed by atoms with E-state index in [2.05, 4.69) is 20.9 Å². The number of ether oxygens (including phenoxy) is 1. The molecule has 2 aromatic carbocycles. The van der Waals surface area contributed by atoms with Crippen LogP contribution in [0.2, 0.25) is 0 Å². The Morgan fingerprint density at radius 1 is 0.971 bits per heavy atom. The van der Waals surface area contributed by atoms with Gasteiger partial charge >= 0.3 is 5.97 Å². The van der Waals surface area contributed by atoms with Gasteiger partial charge in [-0.15, -0.1) is 11.3 Å². The second-order valence-corrected chi connectivity index (χ2v) is 8.23. The van der Waals surface area contributed by atoms with Crippen molar-refractivity contribution in [2.24, 2.45) is 4.99 Å². The summed E-state index contributed by atoms with van der Waals surface area (Å²) < 4.78 is 5.20. The molecule has 3 aromatic rings. The third-order valence-electron chi connectivity index (χ3n) is 4.93. The molecule has 8 nitrogen and oxygen atoms in total. The van der Waals surface area contributed by atoms with Crippen LogP contribution in [0.4, 0.5) is 17.1 Å². The predicted octanol–water partition coefficient (Wildman–Crippen LogP) is 4.72. The number of amides is 2. The number of para-hydroxylation sites is 2. The molecule has 4 rings (SSSR count). The molecule has 3 N–H and O–H groups in total. The summed E-state index contributed by atoms with van der Waals surface area (Å²) in [4.78, 5) is 43.1. The number of hydrogen-bond acceptors (Lipinski definition) is 7. The van der Waals surface area contributed by atoms with Crippen LogP contribution < -0.4 is 16.0 Å². The summed E-state index contributed by atoms with van der Waals surface area (Å²) in [6, 6.07) is 17.3. The summed E-state index contributed by atoms with van der Waals surface area (Å²) in [5, 5.41) is 10.5. The van der Waals surface area contributed by atoms with Crippen LogP contribution in [0.3, 0.4) is 0 Å². The minimum atomic E-state index is -0.592. The van der Waals surface area contributed by atoms with E-state index in [1.54, 1.807) is 56.3 Å². The van der Waals surface area contributed by atoms with Crippen LogP contribution in [0.5, 0.6) is 0 Å². The first-order valence-corrected chi connectivity index (χ1v) is 11.4. The van der Waals surface area contributed by atoms with Crippen molar-refractivity contribution in [3.05, 3.63) is 87.8 Å². The normalized spacial score (nSPS) is 12.6. The third kappa shape index (κ3) is 5.05. The molecular weight excluding hydrogens is 452 g/mol. The van der Waals surface area contributed by atoms with Gasteiger partial charge in [-0.25, -0.2) is 9.79 Å². The van der Waals surface area contributed by atoms with Gasteiger partial charge in [0.1, 0.15) is 11.4 Å². The Morgan fingerprint density at radius 2 is 1.74 bits per heavy atom. The fourth-order valence-corrected chi connectivity index (χ4v) is 3.94. The Labute approximate surface area is 200 Å². The molecule has 0 radical (unpaired) electrons. The van der Waals surface area contributed by atoms with Gasteiger partial charge in [0.2, 0.25) is 0 Å². The van der Waals surface area contributed by atoms with Gasteiger partial charge in [0, 0.05) is 16.9 Å². The fourth-order valence-electron chi connectivity index (χ4n) is 3.32. The fraction of sp³-hybridized carbons (Fsp3) is 0.120. The van der Waals surface area contributed by atoms with Crippen LogP contribution in [0, 0.1) is 0 Å². The van der Waals surface area contributed by atoms with Gasteiger partial charge in [0.25, 0.3) is 11.8 Å². The molecule has 0 fully saturated rings. The summed E-state index contributed by atoms with van der Waals surface area (Å²) in [5.41, 5.74) is 2.83. The number of nitrogens with one attached hydrogen (secondary N) is 3. The lowest BCUT2D eigenvalue weighted by Gasteiger charge is -2.13. The Balaban J connectivity index is 1.57. The quantitative estimate of drug-likeness (QED) is 0.464. The zero-order valence-corrected chi connectivity index (χ0v) is 19.4. The lowest BCUT2D eigenvalue weighted by Crippen LogP contribution is -2.35. The molecule has 2 amide bonds. The van der Waals surface area contributed by atoms with Crippen molar-refractivity contribution >= 4 is 52.0 Å². The van der Waals surface area contributed by atoms with E-state index in [1.807, 2.05) is 23.6 Å². The predicted molar refractivity (Wildman–Crippen MR) is 133 cm³/mol. The number of carbonyl (C=O) groups excluding carboxylic acids is 3. The van der Waals surface area contributed by atoms with E-state index < -0.39 is 11.9 Å². The standard InChI is InChI=1S/C25H22N4O4S/c1-3-33-25(32)21-15(2)26-18-7-4-5-8-19(18)28-22(21)29-23(30)16-10-12-17(13-11-16)27-24(31)20-9-6-14-34-20/h4-14,26H,3H2,1-2H3,(H,27,31)(H,28,29,30). The van der Waals surface area contributed by atoms with E-state index in [-0.39, 0.29) is 23.9 Å². The maximum atomic E-state index is 13.0. The van der Waals surface area contributed by atoms with Crippen molar-refractivity contribution in [1.29, 1.82) is 0 Å². The first kappa shape index (κ1) is 22.9. The number of esters is 1. The summed E-state index contributed by atoms with van der Waals surface area (Å²) in [7, 11) is 0. The molecule has 0 saturated carbocycles. The first-order valence-electron chi connectivity index (χ1n) is 10.6. The number of hydrogen-bond donors (Lipinski definition) is 3. The minimum Gasteiger partial charge on any atom is -0.462 e. The zero-order chi connectivity index (χ0) is 24.1. The molecule has 0 spiro atoms. The van der Waals surface area contributed by atoms with Gasteiger partial charge in [-0.3, -0.25) is 9.59 Å². The average molecular weight is 475 g/mol. The van der Waals surface area contributed by atoms with Gasteiger partial charge in [-0.2, -0.15) is 0 Å². The molecule has 0 aliphatic carbocycles. The second kappa shape index (κ2) is 10.1. The highest BCUT2D eigenvalue weighted by Crippen LogP contribution is 2.30. The van der Waals surface area contributed by atoms with E-state index in [0.717, 1.165) is 0 Å². The number of rotatable bonds is 5. The van der Waals surface area contributed by atoms with E-state index in [0.29, 0.717) is 33.2 Å². The Morgan fingerprint density at radius 3 is 2.44 bits per heavy atom. The molecule has 0 unspecified atom stereocenters. The molecule has 0 saturated heterocycles. The van der Waals surface area contributed by atoms with Crippen molar-refractivity contribution in [1.82, 2.24) is 5.32 Å². The van der Waals surface area contributed by atoms with Gasteiger partial charge in [-0.1, -0.05) is 18.2 Å². The molecule has 1 aliphatic heterocycles. The van der Waals surface area contributed by atoms with Gasteiger partial charge < -0.3 is 20.7 Å². The molecule has 2 heterocycles. The third-order valence-corrected chi connectivity index (χ3v) is 5.80. The number of allylic oxidation sites excluding steroid dienone is 1. The molecular formula is C25H22N4O4S. The maximum Gasteiger partial charge on any atom is 0.343 e. The van der Waals surface area contributed by atoms with E-state index in [9.17, 15) is 14.4 Å². The average Bonchev–Trinajstić information content (AvgIpc) is 3.32. The first-order chi connectivity index (χ1) is 16.5. The topological polar surface area (TPSA) is 109 Å². The second-order valence-electron chi connectivity index (χ2n) is 7.29. The Kier molecular flexibility index (Phi) is 6.84. The summed E-state index contributed by atoms with van der Waals surface area (Å²) in [5.74, 6) is -1.17. The molecule has 172 valence electrons. The molecule has 0 atom stereocenters. The highest BCUT2D eigenvalue weighted by Gasteiger charge is 2.26. The number of aliphatic imine (C=N–C) groups is 1. The van der Waals surface area contributed by atoms with Crippen LogP contribution in [-0.4, -0.2) is 30.2 Å². The number of carbonyl (C=O) groups is 3. The molecule has 9 heteroatoms. The summed E-state index contributed by atoms with van der Waals surface area (Å²) >= 11 is 1.34. The Bertz CT molecular complexity index is 1290. The highest BCUT2D eigenvalue weighted by atomic mass is 32.1. The zero-order valence-electron chi connectivity index (χ0n) is 18.5. The number of thiophene rings is 1. The van der Waals surface area contributed by atoms with E-state index in [4.69, 9.17) is 4.74 Å².